The maximum absolute atomic E-state index is 13.5. The minimum absolute atomic E-state index is 0.226. The molecule has 0 amide bonds. The minimum Gasteiger partial charge on any atom is -0.508 e. The van der Waals surface area contributed by atoms with Crippen molar-refractivity contribution in [2.24, 2.45) is 17.3 Å². The van der Waals surface area contributed by atoms with Crippen LogP contribution in [-0.2, 0) is 17.8 Å². The lowest BCUT2D eigenvalue weighted by Gasteiger charge is -2.48. The fraction of sp³-hybridized carbons (Fsp3) is 0.520. The SMILES string of the molecule is CCn1cc(/C=C2/CC3C4CCc5cc(O)ccc5C4CCC3(C)C2=O)c(C)n1. The van der Waals surface area contributed by atoms with Gasteiger partial charge in [-0.05, 0) is 98.6 Å². The number of hydrogen-bond donors (Lipinski definition) is 1. The third kappa shape index (κ3) is 2.79. The summed E-state index contributed by atoms with van der Waals surface area (Å²) in [6.07, 6.45) is 9.22. The highest BCUT2D eigenvalue weighted by Gasteiger charge is 2.56. The van der Waals surface area contributed by atoms with Crippen molar-refractivity contribution in [1.29, 1.82) is 0 Å². The van der Waals surface area contributed by atoms with E-state index in [1.54, 1.807) is 0 Å². The van der Waals surface area contributed by atoms with Gasteiger partial charge >= 0.3 is 0 Å². The van der Waals surface area contributed by atoms with Gasteiger partial charge in [-0.25, -0.2) is 0 Å². The molecule has 0 spiro atoms. The number of ketones is 1. The van der Waals surface area contributed by atoms with Crippen LogP contribution in [0.5, 0.6) is 5.75 Å². The summed E-state index contributed by atoms with van der Waals surface area (Å²) in [7, 11) is 0. The van der Waals surface area contributed by atoms with Gasteiger partial charge in [0.2, 0.25) is 0 Å². The highest BCUT2D eigenvalue weighted by Crippen LogP contribution is 2.60. The molecule has 3 aliphatic carbocycles. The number of hydrogen-bond acceptors (Lipinski definition) is 3. The third-order valence-corrected chi connectivity index (χ3v) is 7.99. The second-order valence-electron chi connectivity index (χ2n) is 9.48. The maximum Gasteiger partial charge on any atom is 0.165 e. The number of phenols is 1. The van der Waals surface area contributed by atoms with Crippen LogP contribution in [0.1, 0.15) is 67.8 Å². The quantitative estimate of drug-likeness (QED) is 0.731. The molecule has 2 saturated carbocycles. The van der Waals surface area contributed by atoms with Crippen molar-refractivity contribution >= 4 is 11.9 Å². The summed E-state index contributed by atoms with van der Waals surface area (Å²) in [6, 6.07) is 5.90. The lowest BCUT2D eigenvalue weighted by molar-refractivity contribution is -0.127. The van der Waals surface area contributed by atoms with Crippen LogP contribution < -0.4 is 0 Å². The Morgan fingerprint density at radius 1 is 1.34 bits per heavy atom. The normalized spacial score (nSPS) is 32.2. The van der Waals surface area contributed by atoms with E-state index in [9.17, 15) is 9.90 Å². The number of phenolic OH excluding ortho intramolecular Hbond substituents is 1. The second-order valence-corrected chi connectivity index (χ2v) is 9.48. The molecular weight excluding hydrogens is 360 g/mol. The van der Waals surface area contributed by atoms with E-state index in [0.29, 0.717) is 29.3 Å². The predicted molar refractivity (Wildman–Crippen MR) is 114 cm³/mol. The van der Waals surface area contributed by atoms with Crippen molar-refractivity contribution in [3.05, 3.63) is 52.4 Å². The van der Waals surface area contributed by atoms with Crippen molar-refractivity contribution in [1.82, 2.24) is 9.78 Å². The number of benzene rings is 1. The van der Waals surface area contributed by atoms with Crippen molar-refractivity contribution in [2.75, 3.05) is 0 Å². The number of aryl methyl sites for hydroxylation is 3. The summed E-state index contributed by atoms with van der Waals surface area (Å²) in [5, 5.41) is 14.4. The third-order valence-electron chi connectivity index (χ3n) is 7.99. The van der Waals surface area contributed by atoms with Gasteiger partial charge in [-0.1, -0.05) is 13.0 Å². The fourth-order valence-electron chi connectivity index (χ4n) is 6.39. The van der Waals surface area contributed by atoms with Crippen LogP contribution in [0, 0.1) is 24.2 Å². The molecule has 2 fully saturated rings. The lowest BCUT2D eigenvalue weighted by Crippen LogP contribution is -2.42. The first-order valence-electron chi connectivity index (χ1n) is 11.0. The number of aromatic nitrogens is 2. The van der Waals surface area contributed by atoms with Gasteiger partial charge in [-0.3, -0.25) is 9.48 Å². The Hall–Kier alpha value is -2.36. The molecule has 29 heavy (non-hydrogen) atoms. The van der Waals surface area contributed by atoms with E-state index in [4.69, 9.17) is 0 Å². The molecule has 5 rings (SSSR count). The summed E-state index contributed by atoms with van der Waals surface area (Å²) in [5.41, 5.74) is 5.56. The molecule has 1 heterocycles. The second kappa shape index (κ2) is 6.58. The lowest BCUT2D eigenvalue weighted by atomic mass is 9.55. The Morgan fingerprint density at radius 2 is 2.17 bits per heavy atom. The zero-order chi connectivity index (χ0) is 20.3. The standard InChI is InChI=1S/C25H30N2O2/c1-4-27-14-18(15(2)26-27)11-17-13-23-22-7-5-16-12-19(28)6-8-20(16)21(22)9-10-25(23,3)24(17)29/h6,8,11-12,14,21-23,28H,4-5,7,9-10,13H2,1-3H3/b17-11-. The summed E-state index contributed by atoms with van der Waals surface area (Å²) in [5.74, 6) is 2.23. The monoisotopic (exact) mass is 390 g/mol. The van der Waals surface area contributed by atoms with Crippen molar-refractivity contribution in [2.45, 2.75) is 65.3 Å². The molecule has 1 aromatic carbocycles. The van der Waals surface area contributed by atoms with Gasteiger partial charge in [0, 0.05) is 23.7 Å². The van der Waals surface area contributed by atoms with E-state index in [1.165, 1.54) is 11.1 Å². The summed E-state index contributed by atoms with van der Waals surface area (Å²) < 4.78 is 1.94. The van der Waals surface area contributed by atoms with Gasteiger partial charge in [0.05, 0.1) is 5.69 Å². The van der Waals surface area contributed by atoms with Crippen LogP contribution in [0.4, 0.5) is 0 Å². The largest absolute Gasteiger partial charge is 0.508 e. The smallest absolute Gasteiger partial charge is 0.165 e. The molecule has 0 bridgehead atoms. The molecule has 3 aliphatic rings. The molecule has 0 radical (unpaired) electrons. The Kier molecular flexibility index (Phi) is 4.23. The van der Waals surface area contributed by atoms with E-state index in [2.05, 4.69) is 37.3 Å². The number of rotatable bonds is 2. The average Bonchev–Trinajstić information content (AvgIpc) is 3.19. The van der Waals surface area contributed by atoms with Crippen LogP contribution in [-0.4, -0.2) is 20.7 Å². The number of nitrogens with zero attached hydrogens (tertiary/aromatic N) is 2. The van der Waals surface area contributed by atoms with Crippen LogP contribution in [0.2, 0.25) is 0 Å². The summed E-state index contributed by atoms with van der Waals surface area (Å²) >= 11 is 0. The van der Waals surface area contributed by atoms with Crippen LogP contribution in [0.3, 0.4) is 0 Å². The molecule has 1 aromatic heterocycles. The Morgan fingerprint density at radius 3 is 2.93 bits per heavy atom. The van der Waals surface area contributed by atoms with Gasteiger partial charge < -0.3 is 5.11 Å². The highest BCUT2D eigenvalue weighted by molar-refractivity contribution is 6.06. The first-order valence-corrected chi connectivity index (χ1v) is 11.0. The average molecular weight is 391 g/mol. The number of carbonyl (C=O) groups excluding carboxylic acids is 1. The molecule has 4 heteroatoms. The summed E-state index contributed by atoms with van der Waals surface area (Å²) in [4.78, 5) is 13.5. The van der Waals surface area contributed by atoms with Crippen LogP contribution in [0.15, 0.2) is 30.0 Å². The number of aromatic hydroxyl groups is 1. The summed E-state index contributed by atoms with van der Waals surface area (Å²) in [6.45, 7) is 7.17. The molecule has 4 unspecified atom stereocenters. The molecule has 1 N–H and O–H groups in total. The van der Waals surface area contributed by atoms with E-state index in [0.717, 1.165) is 55.5 Å². The Bertz CT molecular complexity index is 1020. The topological polar surface area (TPSA) is 55.1 Å². The van der Waals surface area contributed by atoms with Crippen molar-refractivity contribution < 1.29 is 9.90 Å². The van der Waals surface area contributed by atoms with Gasteiger partial charge in [0.1, 0.15) is 5.75 Å². The van der Waals surface area contributed by atoms with E-state index in [-0.39, 0.29) is 5.41 Å². The number of carbonyl (C=O) groups is 1. The molecule has 0 saturated heterocycles. The predicted octanol–water partition coefficient (Wildman–Crippen LogP) is 5.04. The first-order chi connectivity index (χ1) is 13.9. The highest BCUT2D eigenvalue weighted by atomic mass is 16.3. The van der Waals surface area contributed by atoms with E-state index >= 15 is 0 Å². The molecule has 152 valence electrons. The minimum atomic E-state index is -0.226. The molecule has 2 aromatic rings. The van der Waals surface area contributed by atoms with E-state index in [1.807, 2.05) is 23.7 Å². The molecule has 4 atom stereocenters. The first kappa shape index (κ1) is 18.7. The van der Waals surface area contributed by atoms with Crippen molar-refractivity contribution in [3.63, 3.8) is 0 Å². The van der Waals surface area contributed by atoms with Gasteiger partial charge in [0.15, 0.2) is 5.78 Å². The zero-order valence-electron chi connectivity index (χ0n) is 17.6. The van der Waals surface area contributed by atoms with Gasteiger partial charge in [-0.2, -0.15) is 5.10 Å². The van der Waals surface area contributed by atoms with Gasteiger partial charge in [-0.15, -0.1) is 0 Å². The fourth-order valence-corrected chi connectivity index (χ4v) is 6.39. The molecular formula is C25H30N2O2. The zero-order valence-corrected chi connectivity index (χ0v) is 17.6. The van der Waals surface area contributed by atoms with Gasteiger partial charge in [0.25, 0.3) is 0 Å². The Balaban J connectivity index is 1.49. The number of allylic oxidation sites excluding steroid dienone is 1. The molecule has 0 aliphatic heterocycles. The van der Waals surface area contributed by atoms with E-state index < -0.39 is 0 Å². The number of Topliss-reactive ketones (excluding diaryl/α,β-unsaturated/α-hetero) is 1. The van der Waals surface area contributed by atoms with Crippen molar-refractivity contribution in [3.8, 4) is 5.75 Å². The van der Waals surface area contributed by atoms with Crippen LogP contribution >= 0.6 is 0 Å². The van der Waals surface area contributed by atoms with Crippen LogP contribution in [0.25, 0.3) is 6.08 Å². The Labute approximate surface area is 172 Å². The number of fused-ring (bicyclic) bond motifs is 5. The maximum atomic E-state index is 13.5. The molecule has 4 nitrogen and oxygen atoms in total.